The molecule has 2 aromatic rings. The molecule has 3 N–H and O–H groups in total. The van der Waals surface area contributed by atoms with Gasteiger partial charge in [0.05, 0.1) is 5.69 Å². The first-order valence-electron chi connectivity index (χ1n) is 6.81. The normalized spacial score (nSPS) is 10.8. The number of aryl methyl sites for hydroxylation is 2. The SMILES string of the molecule is CCc1nn(C)cc1CNCc1ccc(C(N)=O)cc1F. The second kappa shape index (κ2) is 6.49. The molecule has 0 saturated heterocycles. The number of hydrogen-bond acceptors (Lipinski definition) is 3. The molecule has 1 aromatic heterocycles. The third-order valence-electron chi connectivity index (χ3n) is 3.30. The lowest BCUT2D eigenvalue weighted by molar-refractivity contribution is 0.1000. The number of nitrogens with two attached hydrogens (primary N) is 1. The quantitative estimate of drug-likeness (QED) is 0.847. The van der Waals surface area contributed by atoms with Crippen molar-refractivity contribution in [3.8, 4) is 0 Å². The molecule has 2 rings (SSSR count). The lowest BCUT2D eigenvalue weighted by Crippen LogP contribution is -2.16. The highest BCUT2D eigenvalue weighted by atomic mass is 19.1. The number of aromatic nitrogens is 2. The molecule has 0 saturated carbocycles. The van der Waals surface area contributed by atoms with E-state index in [4.69, 9.17) is 5.73 Å². The molecule has 1 amide bonds. The van der Waals surface area contributed by atoms with Gasteiger partial charge in [0.25, 0.3) is 0 Å². The first-order chi connectivity index (χ1) is 10.0. The van der Waals surface area contributed by atoms with Crippen molar-refractivity contribution in [2.24, 2.45) is 12.8 Å². The summed E-state index contributed by atoms with van der Waals surface area (Å²) in [6, 6.07) is 4.28. The van der Waals surface area contributed by atoms with Crippen molar-refractivity contribution in [1.29, 1.82) is 0 Å². The lowest BCUT2D eigenvalue weighted by Gasteiger charge is -2.07. The predicted octanol–water partition coefficient (Wildman–Crippen LogP) is 1.51. The number of hydrogen-bond donors (Lipinski definition) is 2. The predicted molar refractivity (Wildman–Crippen MR) is 78.0 cm³/mol. The molecule has 1 heterocycles. The molecule has 0 atom stereocenters. The Kier molecular flexibility index (Phi) is 4.70. The summed E-state index contributed by atoms with van der Waals surface area (Å²) < 4.78 is 15.6. The smallest absolute Gasteiger partial charge is 0.248 e. The summed E-state index contributed by atoms with van der Waals surface area (Å²) in [7, 11) is 1.88. The largest absolute Gasteiger partial charge is 0.366 e. The fourth-order valence-electron chi connectivity index (χ4n) is 2.20. The van der Waals surface area contributed by atoms with E-state index in [0.717, 1.165) is 17.7 Å². The molecule has 0 aliphatic rings. The molecule has 112 valence electrons. The van der Waals surface area contributed by atoms with Crippen LogP contribution in [0.5, 0.6) is 0 Å². The van der Waals surface area contributed by atoms with Crippen molar-refractivity contribution in [1.82, 2.24) is 15.1 Å². The number of carbonyl (C=O) groups is 1. The van der Waals surface area contributed by atoms with Gasteiger partial charge >= 0.3 is 0 Å². The van der Waals surface area contributed by atoms with Gasteiger partial charge in [-0.15, -0.1) is 0 Å². The van der Waals surface area contributed by atoms with Gasteiger partial charge in [0.15, 0.2) is 0 Å². The molecular formula is C15H19FN4O. The Hall–Kier alpha value is -2.21. The van der Waals surface area contributed by atoms with E-state index >= 15 is 0 Å². The zero-order chi connectivity index (χ0) is 15.4. The molecule has 0 fully saturated rings. The maximum absolute atomic E-state index is 13.8. The monoisotopic (exact) mass is 290 g/mol. The van der Waals surface area contributed by atoms with Crippen LogP contribution in [0.15, 0.2) is 24.4 Å². The molecular weight excluding hydrogens is 271 g/mol. The first kappa shape index (κ1) is 15.2. The third kappa shape index (κ3) is 3.66. The molecule has 0 aliphatic heterocycles. The van der Waals surface area contributed by atoms with E-state index < -0.39 is 11.7 Å². The van der Waals surface area contributed by atoms with Gasteiger partial charge in [-0.1, -0.05) is 13.0 Å². The fraction of sp³-hybridized carbons (Fsp3) is 0.333. The highest BCUT2D eigenvalue weighted by molar-refractivity contribution is 5.92. The Morgan fingerprint density at radius 3 is 2.71 bits per heavy atom. The summed E-state index contributed by atoms with van der Waals surface area (Å²) in [6.07, 6.45) is 2.82. The third-order valence-corrected chi connectivity index (χ3v) is 3.30. The van der Waals surface area contributed by atoms with E-state index in [2.05, 4.69) is 10.4 Å². The maximum atomic E-state index is 13.8. The minimum Gasteiger partial charge on any atom is -0.366 e. The minimum absolute atomic E-state index is 0.178. The molecule has 0 aliphatic carbocycles. The van der Waals surface area contributed by atoms with Crippen LogP contribution in [0.3, 0.4) is 0 Å². The van der Waals surface area contributed by atoms with Crippen LogP contribution in [-0.2, 0) is 26.6 Å². The molecule has 0 radical (unpaired) electrons. The average Bonchev–Trinajstić information content (AvgIpc) is 2.80. The number of primary amides is 1. The molecule has 0 unspecified atom stereocenters. The molecule has 21 heavy (non-hydrogen) atoms. The Morgan fingerprint density at radius 2 is 2.10 bits per heavy atom. The minimum atomic E-state index is -0.628. The fourth-order valence-corrected chi connectivity index (χ4v) is 2.20. The lowest BCUT2D eigenvalue weighted by atomic mass is 10.1. The summed E-state index contributed by atoms with van der Waals surface area (Å²) >= 11 is 0. The second-order valence-corrected chi connectivity index (χ2v) is 4.90. The number of rotatable bonds is 6. The molecule has 5 nitrogen and oxygen atoms in total. The Balaban J connectivity index is 1.98. The average molecular weight is 290 g/mol. The van der Waals surface area contributed by atoms with E-state index in [9.17, 15) is 9.18 Å². The van der Waals surface area contributed by atoms with Crippen molar-refractivity contribution >= 4 is 5.91 Å². The number of halogens is 1. The van der Waals surface area contributed by atoms with Gasteiger partial charge in [-0.05, 0) is 18.6 Å². The highest BCUT2D eigenvalue weighted by Crippen LogP contribution is 2.11. The second-order valence-electron chi connectivity index (χ2n) is 4.90. The zero-order valence-corrected chi connectivity index (χ0v) is 12.2. The summed E-state index contributed by atoms with van der Waals surface area (Å²) in [6.45, 7) is 3.05. The van der Waals surface area contributed by atoms with Gasteiger partial charge in [0, 0.05) is 43.0 Å². The van der Waals surface area contributed by atoms with Crippen LogP contribution in [0.25, 0.3) is 0 Å². The number of benzene rings is 1. The van der Waals surface area contributed by atoms with Crippen LogP contribution in [0.2, 0.25) is 0 Å². The van der Waals surface area contributed by atoms with Crippen molar-refractivity contribution in [2.45, 2.75) is 26.4 Å². The number of nitrogens with zero attached hydrogens (tertiary/aromatic N) is 2. The number of carbonyl (C=O) groups excluding carboxylic acids is 1. The van der Waals surface area contributed by atoms with Crippen LogP contribution in [0, 0.1) is 5.82 Å². The van der Waals surface area contributed by atoms with Gasteiger partial charge in [0.1, 0.15) is 5.82 Å². The molecule has 6 heteroatoms. The van der Waals surface area contributed by atoms with Gasteiger partial charge in [-0.2, -0.15) is 5.10 Å². The Morgan fingerprint density at radius 1 is 1.38 bits per heavy atom. The van der Waals surface area contributed by atoms with Gasteiger partial charge < -0.3 is 11.1 Å². The maximum Gasteiger partial charge on any atom is 0.248 e. The zero-order valence-electron chi connectivity index (χ0n) is 12.2. The number of nitrogens with one attached hydrogen (secondary N) is 1. The van der Waals surface area contributed by atoms with Crippen molar-refractivity contribution in [3.05, 3.63) is 52.6 Å². The van der Waals surface area contributed by atoms with E-state index in [-0.39, 0.29) is 5.56 Å². The van der Waals surface area contributed by atoms with Gasteiger partial charge in [0.2, 0.25) is 5.91 Å². The summed E-state index contributed by atoms with van der Waals surface area (Å²) in [4.78, 5) is 11.0. The highest BCUT2D eigenvalue weighted by Gasteiger charge is 2.08. The topological polar surface area (TPSA) is 72.9 Å². The van der Waals surface area contributed by atoms with Crippen LogP contribution in [-0.4, -0.2) is 15.7 Å². The molecule has 0 bridgehead atoms. The van der Waals surface area contributed by atoms with Crippen LogP contribution < -0.4 is 11.1 Å². The summed E-state index contributed by atoms with van der Waals surface area (Å²) in [5.74, 6) is -1.06. The van der Waals surface area contributed by atoms with E-state index in [1.165, 1.54) is 12.1 Å². The first-order valence-corrected chi connectivity index (χ1v) is 6.81. The summed E-state index contributed by atoms with van der Waals surface area (Å²) in [5, 5.41) is 7.54. The molecule has 0 spiro atoms. The van der Waals surface area contributed by atoms with Crippen molar-refractivity contribution < 1.29 is 9.18 Å². The van der Waals surface area contributed by atoms with Gasteiger partial charge in [-0.3, -0.25) is 9.48 Å². The van der Waals surface area contributed by atoms with Crippen LogP contribution in [0.1, 0.15) is 34.1 Å². The van der Waals surface area contributed by atoms with Crippen LogP contribution >= 0.6 is 0 Å². The van der Waals surface area contributed by atoms with Crippen molar-refractivity contribution in [3.63, 3.8) is 0 Å². The number of amides is 1. The Bertz CT molecular complexity index is 651. The summed E-state index contributed by atoms with van der Waals surface area (Å²) in [5.41, 5.74) is 7.93. The molecule has 1 aromatic carbocycles. The Labute approximate surface area is 123 Å². The van der Waals surface area contributed by atoms with E-state index in [0.29, 0.717) is 18.7 Å². The van der Waals surface area contributed by atoms with E-state index in [1.807, 2.05) is 20.2 Å². The van der Waals surface area contributed by atoms with Crippen molar-refractivity contribution in [2.75, 3.05) is 0 Å². The van der Waals surface area contributed by atoms with Crippen LogP contribution in [0.4, 0.5) is 4.39 Å². The standard InChI is InChI=1S/C15H19FN4O/c1-3-14-12(9-20(2)19-14)8-18-7-11-5-4-10(15(17)21)6-13(11)16/h4-6,9,18H,3,7-8H2,1-2H3,(H2,17,21). The van der Waals surface area contributed by atoms with Gasteiger partial charge in [-0.25, -0.2) is 4.39 Å². The van der Waals surface area contributed by atoms with E-state index in [1.54, 1.807) is 10.7 Å².